The second-order valence-corrected chi connectivity index (χ2v) is 11.9. The van der Waals surface area contributed by atoms with Crippen molar-refractivity contribution in [3.8, 4) is 0 Å². The van der Waals surface area contributed by atoms with Crippen molar-refractivity contribution in [3.05, 3.63) is 36.5 Å². The molecule has 3 aliphatic rings. The fourth-order valence-corrected chi connectivity index (χ4v) is 6.58. The Balaban J connectivity index is 2.13. The molecule has 0 amide bonds. The molecule has 1 aliphatic heterocycles. The van der Waals surface area contributed by atoms with Gasteiger partial charge >= 0.3 is 5.97 Å². The van der Waals surface area contributed by atoms with Crippen LogP contribution < -0.4 is 0 Å². The zero-order chi connectivity index (χ0) is 26.3. The van der Waals surface area contributed by atoms with Crippen molar-refractivity contribution in [1.82, 2.24) is 0 Å². The van der Waals surface area contributed by atoms with E-state index in [1.54, 1.807) is 26.2 Å². The highest BCUT2D eigenvalue weighted by atomic mass is 35.5. The molecular weight excluding hydrogens is 491 g/mol. The van der Waals surface area contributed by atoms with Crippen molar-refractivity contribution in [2.75, 3.05) is 7.11 Å². The standard InChI is InChI=1S/C27H36Cl2O6/c1-14-9-7-8-10-15(2)35-25(33)17(4)23(31)27(28,29)24(32)21-19(14)12-11-18-13-26(5,34-6)22(30)16(3)20(18)21/h7-12,14-22,30H,13H2,1-6H3/b9-7-,10-8+/t14-,15+,16+,17+,18-,19+,20-,21-,22-,26-/m1/s1. The number of carbonyl (C=O) groups is 3. The largest absolute Gasteiger partial charge is 0.458 e. The maximum Gasteiger partial charge on any atom is 0.316 e. The van der Waals surface area contributed by atoms with Crippen LogP contribution in [0.3, 0.4) is 0 Å². The summed E-state index contributed by atoms with van der Waals surface area (Å²) >= 11 is 13.0. The number of aliphatic hydroxyl groups is 1. The molecule has 1 heterocycles. The number of hydrogen-bond acceptors (Lipinski definition) is 6. The third kappa shape index (κ3) is 5.18. The van der Waals surface area contributed by atoms with Crippen LogP contribution in [0.15, 0.2) is 36.5 Å². The number of cyclic esters (lactones) is 1. The molecule has 0 radical (unpaired) electrons. The van der Waals surface area contributed by atoms with Gasteiger partial charge in [-0.3, -0.25) is 14.4 Å². The van der Waals surface area contributed by atoms with E-state index in [2.05, 4.69) is 6.08 Å². The van der Waals surface area contributed by atoms with E-state index in [1.165, 1.54) is 6.92 Å². The predicted octanol–water partition coefficient (Wildman–Crippen LogP) is 4.47. The number of ketones is 2. The average Bonchev–Trinajstić information content (AvgIpc) is 2.82. The minimum absolute atomic E-state index is 0.0824. The molecule has 0 aromatic rings. The van der Waals surface area contributed by atoms with E-state index in [0.29, 0.717) is 6.42 Å². The second-order valence-electron chi connectivity index (χ2n) is 10.5. The van der Waals surface area contributed by atoms with Gasteiger partial charge in [0.05, 0.1) is 11.7 Å². The summed E-state index contributed by atoms with van der Waals surface area (Å²) in [6.07, 6.45) is 10.5. The van der Waals surface area contributed by atoms with Crippen LogP contribution in [0.5, 0.6) is 0 Å². The minimum Gasteiger partial charge on any atom is -0.458 e. The number of halogens is 2. The molecule has 0 saturated heterocycles. The normalized spacial score (nSPS) is 46.1. The van der Waals surface area contributed by atoms with Crippen molar-refractivity contribution in [3.63, 3.8) is 0 Å². The van der Waals surface area contributed by atoms with Gasteiger partial charge in [0.25, 0.3) is 0 Å². The fraction of sp³-hybridized carbons (Fsp3) is 0.667. The van der Waals surface area contributed by atoms with Gasteiger partial charge in [-0.05, 0) is 62.9 Å². The van der Waals surface area contributed by atoms with Gasteiger partial charge in [-0.25, -0.2) is 0 Å². The van der Waals surface area contributed by atoms with E-state index >= 15 is 0 Å². The fourth-order valence-electron chi connectivity index (χ4n) is 6.00. The van der Waals surface area contributed by atoms with Gasteiger partial charge in [-0.15, -0.1) is 0 Å². The van der Waals surface area contributed by atoms with Gasteiger partial charge in [0.2, 0.25) is 4.33 Å². The Hall–Kier alpha value is -1.47. The summed E-state index contributed by atoms with van der Waals surface area (Å²) in [6.45, 7) is 8.78. The number of allylic oxidation sites excluding steroid dienone is 5. The number of aliphatic hydroxyl groups excluding tert-OH is 1. The summed E-state index contributed by atoms with van der Waals surface area (Å²) in [5.74, 6) is -5.54. The Morgan fingerprint density at radius 1 is 1.00 bits per heavy atom. The van der Waals surface area contributed by atoms with Crippen LogP contribution in [0.4, 0.5) is 0 Å². The number of rotatable bonds is 1. The Labute approximate surface area is 217 Å². The van der Waals surface area contributed by atoms with E-state index in [4.69, 9.17) is 32.7 Å². The molecule has 0 aromatic heterocycles. The molecule has 2 aliphatic carbocycles. The minimum atomic E-state index is -2.43. The number of alkyl halides is 2. The highest BCUT2D eigenvalue weighted by Gasteiger charge is 2.59. The molecule has 8 heteroatoms. The summed E-state index contributed by atoms with van der Waals surface area (Å²) in [4.78, 5) is 39.9. The third-order valence-corrected chi connectivity index (χ3v) is 8.97. The topological polar surface area (TPSA) is 89.9 Å². The van der Waals surface area contributed by atoms with Gasteiger partial charge in [0, 0.05) is 13.0 Å². The lowest BCUT2D eigenvalue weighted by atomic mass is 9.54. The molecule has 1 N–H and O–H groups in total. The quantitative estimate of drug-likeness (QED) is 0.234. The lowest BCUT2D eigenvalue weighted by molar-refractivity contribution is -0.173. The Kier molecular flexibility index (Phi) is 8.42. The van der Waals surface area contributed by atoms with Crippen LogP contribution in [0, 0.1) is 41.4 Å². The van der Waals surface area contributed by atoms with E-state index in [1.807, 2.05) is 39.0 Å². The first kappa shape index (κ1) is 28.1. The van der Waals surface area contributed by atoms with Crippen molar-refractivity contribution in [2.45, 2.75) is 63.2 Å². The molecule has 0 unspecified atom stereocenters. The maximum atomic E-state index is 14.1. The van der Waals surface area contributed by atoms with Gasteiger partial charge in [0.15, 0.2) is 11.6 Å². The molecule has 0 spiro atoms. The predicted molar refractivity (Wildman–Crippen MR) is 135 cm³/mol. The average molecular weight is 527 g/mol. The second kappa shape index (κ2) is 10.5. The number of carbonyl (C=O) groups excluding carboxylic acids is 3. The monoisotopic (exact) mass is 526 g/mol. The highest BCUT2D eigenvalue weighted by molar-refractivity contribution is 6.68. The zero-order valence-electron chi connectivity index (χ0n) is 21.1. The third-order valence-electron chi connectivity index (χ3n) is 8.23. The van der Waals surface area contributed by atoms with Gasteiger partial charge < -0.3 is 14.6 Å². The number of esters is 1. The number of ether oxygens (including phenoxy) is 2. The number of Topliss-reactive ketones (excluding diaryl/α,β-unsaturated/α-hetero) is 2. The van der Waals surface area contributed by atoms with Crippen molar-refractivity contribution >= 4 is 40.7 Å². The first-order valence-electron chi connectivity index (χ1n) is 12.2. The molecule has 0 bridgehead atoms. The summed E-state index contributed by atoms with van der Waals surface area (Å²) in [5, 5.41) is 11.2. The SMILES string of the molecule is CO[C@]1(C)C[C@H]2C=C[C@@H]3[C@@H](C(=O)C(Cl)(Cl)C(=O)[C@H](C)C(=O)O[C@@H](C)/C=C/C=C\[C@H]3C)[C@@H]2[C@H](C)[C@H]1O. The lowest BCUT2D eigenvalue weighted by Gasteiger charge is -2.54. The van der Waals surface area contributed by atoms with Crippen LogP contribution in [0.1, 0.15) is 41.0 Å². The van der Waals surface area contributed by atoms with Gasteiger partial charge in [-0.2, -0.15) is 0 Å². The Bertz CT molecular complexity index is 940. The van der Waals surface area contributed by atoms with Gasteiger partial charge in [0.1, 0.15) is 12.0 Å². The molecule has 10 atom stereocenters. The molecule has 194 valence electrons. The van der Waals surface area contributed by atoms with E-state index in [0.717, 1.165) is 0 Å². The van der Waals surface area contributed by atoms with E-state index in [-0.39, 0.29) is 29.6 Å². The number of methoxy groups -OCH3 is 1. The first-order valence-corrected chi connectivity index (χ1v) is 12.9. The number of fused-ring (bicyclic) bond motifs is 3. The molecule has 1 saturated carbocycles. The molecule has 6 nitrogen and oxygen atoms in total. The van der Waals surface area contributed by atoms with Crippen molar-refractivity contribution < 1.29 is 29.0 Å². The van der Waals surface area contributed by atoms with Crippen LogP contribution in [0.2, 0.25) is 0 Å². The highest BCUT2D eigenvalue weighted by Crippen LogP contribution is 2.53. The molecule has 3 rings (SSSR count). The summed E-state index contributed by atoms with van der Waals surface area (Å²) in [7, 11) is 1.57. The molecule has 0 aromatic carbocycles. The van der Waals surface area contributed by atoms with Crippen molar-refractivity contribution in [2.24, 2.45) is 41.4 Å². The first-order chi connectivity index (χ1) is 16.3. The molecule has 1 fully saturated rings. The smallest absolute Gasteiger partial charge is 0.316 e. The number of hydrogen-bond donors (Lipinski definition) is 1. The lowest BCUT2D eigenvalue weighted by Crippen LogP contribution is -2.60. The molecular formula is C27H36Cl2O6. The Morgan fingerprint density at radius 3 is 2.26 bits per heavy atom. The van der Waals surface area contributed by atoms with Crippen molar-refractivity contribution in [1.29, 1.82) is 0 Å². The molecule has 35 heavy (non-hydrogen) atoms. The van der Waals surface area contributed by atoms with Gasteiger partial charge in [-0.1, -0.05) is 67.4 Å². The van der Waals surface area contributed by atoms with E-state index < -0.39 is 51.5 Å². The van der Waals surface area contributed by atoms with Crippen LogP contribution in [-0.2, 0) is 23.9 Å². The summed E-state index contributed by atoms with van der Waals surface area (Å²) in [6, 6.07) is 0. The summed E-state index contributed by atoms with van der Waals surface area (Å²) in [5.41, 5.74) is -0.775. The summed E-state index contributed by atoms with van der Waals surface area (Å²) < 4.78 is 8.57. The van der Waals surface area contributed by atoms with Crippen LogP contribution in [0.25, 0.3) is 0 Å². The van der Waals surface area contributed by atoms with Crippen LogP contribution >= 0.6 is 23.2 Å². The Morgan fingerprint density at radius 2 is 1.63 bits per heavy atom. The zero-order valence-corrected chi connectivity index (χ0v) is 22.6. The van der Waals surface area contributed by atoms with Crippen LogP contribution in [-0.4, -0.2) is 51.9 Å². The van der Waals surface area contributed by atoms with E-state index in [9.17, 15) is 19.5 Å². The maximum absolute atomic E-state index is 14.1.